The van der Waals surface area contributed by atoms with Crippen molar-refractivity contribution in [3.05, 3.63) is 59.3 Å². The third kappa shape index (κ3) is 3.92. The number of amides is 1. The number of nitrogens with one attached hydrogen (secondary N) is 4. The van der Waals surface area contributed by atoms with E-state index in [4.69, 9.17) is 0 Å². The molecule has 5 rings (SSSR count). The summed E-state index contributed by atoms with van der Waals surface area (Å²) in [6, 6.07) is 9.19. The molecule has 0 aliphatic carbocycles. The molecule has 0 radical (unpaired) electrons. The third-order valence-electron chi connectivity index (χ3n) is 4.98. The number of anilines is 3. The van der Waals surface area contributed by atoms with Crippen molar-refractivity contribution in [3.63, 3.8) is 0 Å². The van der Waals surface area contributed by atoms with E-state index in [-0.39, 0.29) is 17.5 Å². The van der Waals surface area contributed by atoms with E-state index in [1.54, 1.807) is 24.7 Å². The van der Waals surface area contributed by atoms with E-state index in [1.807, 2.05) is 24.3 Å². The van der Waals surface area contributed by atoms with Gasteiger partial charge in [0.25, 0.3) is 5.56 Å². The number of rotatable bonds is 5. The Hall–Kier alpha value is -4.28. The van der Waals surface area contributed by atoms with Crippen molar-refractivity contribution in [2.24, 2.45) is 0 Å². The first-order chi connectivity index (χ1) is 15.2. The summed E-state index contributed by atoms with van der Waals surface area (Å²) < 4.78 is 0. The van der Waals surface area contributed by atoms with Crippen LogP contribution in [-0.2, 0) is 4.79 Å². The third-order valence-corrected chi connectivity index (χ3v) is 4.98. The van der Waals surface area contributed by atoms with Gasteiger partial charge in [0.2, 0.25) is 11.9 Å². The largest absolute Gasteiger partial charge is 0.354 e. The highest BCUT2D eigenvalue weighted by Crippen LogP contribution is 2.24. The zero-order valence-electron chi connectivity index (χ0n) is 16.4. The summed E-state index contributed by atoms with van der Waals surface area (Å²) in [7, 11) is 0. The fourth-order valence-corrected chi connectivity index (χ4v) is 3.48. The summed E-state index contributed by atoms with van der Waals surface area (Å²) in [5.41, 5.74) is 1.70. The first-order valence-electron chi connectivity index (χ1n) is 9.82. The smallest absolute Gasteiger partial charge is 0.261 e. The van der Waals surface area contributed by atoms with E-state index >= 15 is 0 Å². The van der Waals surface area contributed by atoms with Crippen LogP contribution in [0.3, 0.4) is 0 Å². The van der Waals surface area contributed by atoms with Crippen LogP contribution < -0.4 is 21.5 Å². The van der Waals surface area contributed by atoms with E-state index in [0.29, 0.717) is 47.7 Å². The summed E-state index contributed by atoms with van der Waals surface area (Å²) >= 11 is 0. The summed E-state index contributed by atoms with van der Waals surface area (Å²) in [4.78, 5) is 37.1. The molecule has 0 saturated carbocycles. The van der Waals surface area contributed by atoms with Crippen LogP contribution >= 0.6 is 0 Å². The van der Waals surface area contributed by atoms with Crippen molar-refractivity contribution in [1.82, 2.24) is 35.3 Å². The second-order valence-electron chi connectivity index (χ2n) is 7.14. The highest BCUT2D eigenvalue weighted by molar-refractivity contribution is 5.91. The van der Waals surface area contributed by atoms with Gasteiger partial charge >= 0.3 is 0 Å². The van der Waals surface area contributed by atoms with Crippen LogP contribution in [0.5, 0.6) is 0 Å². The number of hydrogen-bond acceptors (Lipinski definition) is 8. The van der Waals surface area contributed by atoms with Crippen molar-refractivity contribution < 1.29 is 4.79 Å². The van der Waals surface area contributed by atoms with E-state index in [9.17, 15) is 9.59 Å². The molecule has 4 N–H and O–H groups in total. The van der Waals surface area contributed by atoms with Gasteiger partial charge in [-0.3, -0.25) is 9.59 Å². The van der Waals surface area contributed by atoms with Crippen LogP contribution in [0.15, 0.2) is 53.7 Å². The monoisotopic (exact) mass is 417 g/mol. The summed E-state index contributed by atoms with van der Waals surface area (Å²) in [5, 5.41) is 18.0. The number of benzene rings is 1. The van der Waals surface area contributed by atoms with Gasteiger partial charge in [-0.1, -0.05) is 6.07 Å². The zero-order valence-corrected chi connectivity index (χ0v) is 16.4. The number of pyridine rings is 1. The second kappa shape index (κ2) is 7.86. The molecule has 1 saturated heterocycles. The number of piperidine rings is 1. The second-order valence-corrected chi connectivity index (χ2v) is 7.14. The molecule has 31 heavy (non-hydrogen) atoms. The molecule has 156 valence electrons. The van der Waals surface area contributed by atoms with Gasteiger partial charge in [0.1, 0.15) is 11.2 Å². The summed E-state index contributed by atoms with van der Waals surface area (Å²) in [5.74, 6) is 0.796. The predicted molar refractivity (Wildman–Crippen MR) is 114 cm³/mol. The topological polar surface area (TPSA) is 143 Å². The quantitative estimate of drug-likeness (QED) is 0.381. The predicted octanol–water partition coefficient (Wildman–Crippen LogP) is 1.33. The number of nitrogens with zero attached hydrogens (tertiary/aromatic N) is 5. The minimum absolute atomic E-state index is 0.0132. The molecule has 11 heteroatoms. The average Bonchev–Trinajstić information content (AvgIpc) is 3.31. The summed E-state index contributed by atoms with van der Waals surface area (Å²) in [6.07, 6.45) is 5.89. The number of aromatic amines is 1. The molecule has 1 atom stereocenters. The fourth-order valence-electron chi connectivity index (χ4n) is 3.48. The van der Waals surface area contributed by atoms with Gasteiger partial charge < -0.3 is 20.9 Å². The Balaban J connectivity index is 1.50. The molecule has 3 aromatic heterocycles. The maximum atomic E-state index is 12.5. The molecule has 0 unspecified atom stereocenters. The minimum atomic E-state index is -0.290. The molecule has 0 spiro atoms. The Morgan fingerprint density at radius 2 is 1.97 bits per heavy atom. The molecule has 11 nitrogen and oxygen atoms in total. The lowest BCUT2D eigenvalue weighted by molar-refractivity contribution is -0.122. The number of H-pyrrole nitrogens is 1. The lowest BCUT2D eigenvalue weighted by Gasteiger charge is -2.23. The maximum absolute atomic E-state index is 12.5. The van der Waals surface area contributed by atoms with Gasteiger partial charge in [-0.2, -0.15) is 20.0 Å². The number of carbonyl (C=O) groups excluding carboxylic acids is 1. The zero-order chi connectivity index (χ0) is 21.2. The molecule has 4 heterocycles. The molecule has 0 bridgehead atoms. The molecule has 1 amide bonds. The van der Waals surface area contributed by atoms with Crippen LogP contribution in [0.4, 0.5) is 17.5 Å². The van der Waals surface area contributed by atoms with Gasteiger partial charge in [0.15, 0.2) is 0 Å². The number of carbonyl (C=O) groups is 1. The molecular weight excluding hydrogens is 398 g/mol. The van der Waals surface area contributed by atoms with Crippen LogP contribution in [0.2, 0.25) is 0 Å². The van der Waals surface area contributed by atoms with E-state index in [0.717, 1.165) is 5.69 Å². The lowest BCUT2D eigenvalue weighted by Crippen LogP contribution is -2.42. The lowest BCUT2D eigenvalue weighted by atomic mass is 10.1. The standard InChI is InChI=1S/C20H19N9O2/c30-16-5-4-13(11-22-16)26-20-27-15-6-7-21-19(31)17(15)18(28-20)25-12-2-1-3-14(10-12)29-23-8-9-24-29/h1-3,6-10,13H,4-5,11H2,(H,21,31)(H,22,30)(H2,25,26,27,28)/t13-/m1/s1. The van der Waals surface area contributed by atoms with Crippen molar-refractivity contribution >= 4 is 34.3 Å². The first-order valence-corrected chi connectivity index (χ1v) is 9.82. The van der Waals surface area contributed by atoms with Crippen LogP contribution in [0.1, 0.15) is 12.8 Å². The van der Waals surface area contributed by atoms with Crippen molar-refractivity contribution in [2.75, 3.05) is 17.2 Å². The van der Waals surface area contributed by atoms with Crippen molar-refractivity contribution in [1.29, 1.82) is 0 Å². The average molecular weight is 417 g/mol. The Morgan fingerprint density at radius 3 is 2.77 bits per heavy atom. The first kappa shape index (κ1) is 18.7. The molecule has 4 aromatic rings. The fraction of sp³-hybridized carbons (Fsp3) is 0.200. The number of fused-ring (bicyclic) bond motifs is 1. The van der Waals surface area contributed by atoms with Gasteiger partial charge in [-0.25, -0.2) is 4.98 Å². The van der Waals surface area contributed by atoms with E-state index in [2.05, 4.69) is 41.1 Å². The number of aromatic nitrogens is 6. The Morgan fingerprint density at radius 1 is 1.10 bits per heavy atom. The Bertz CT molecular complexity index is 1290. The molecule has 1 aliphatic heterocycles. The SMILES string of the molecule is O=C1CC[C@@H](Nc2nc(Nc3cccc(-n4nccn4)c3)c3c(=O)[nH]ccc3n2)CN1. The Labute approximate surface area is 175 Å². The Kier molecular flexibility index (Phi) is 4.75. The van der Waals surface area contributed by atoms with Crippen LogP contribution in [0.25, 0.3) is 16.6 Å². The van der Waals surface area contributed by atoms with E-state index < -0.39 is 0 Å². The van der Waals surface area contributed by atoms with Crippen molar-refractivity contribution in [2.45, 2.75) is 18.9 Å². The highest BCUT2D eigenvalue weighted by atomic mass is 16.1. The van der Waals surface area contributed by atoms with Gasteiger partial charge in [-0.15, -0.1) is 0 Å². The van der Waals surface area contributed by atoms with Gasteiger partial charge in [0, 0.05) is 30.9 Å². The molecular formula is C20H19N9O2. The van der Waals surface area contributed by atoms with E-state index in [1.165, 1.54) is 4.80 Å². The van der Waals surface area contributed by atoms with Crippen LogP contribution in [0, 0.1) is 0 Å². The van der Waals surface area contributed by atoms with Crippen molar-refractivity contribution in [3.8, 4) is 5.69 Å². The maximum Gasteiger partial charge on any atom is 0.261 e. The minimum Gasteiger partial charge on any atom is -0.354 e. The summed E-state index contributed by atoms with van der Waals surface area (Å²) in [6.45, 7) is 0.497. The van der Waals surface area contributed by atoms with Gasteiger partial charge in [-0.05, 0) is 30.7 Å². The molecule has 1 aromatic carbocycles. The van der Waals surface area contributed by atoms with Gasteiger partial charge in [0.05, 0.1) is 23.6 Å². The highest BCUT2D eigenvalue weighted by Gasteiger charge is 2.20. The normalized spacial score (nSPS) is 16.1. The molecule has 1 aliphatic rings. The number of hydrogen-bond donors (Lipinski definition) is 4. The van der Waals surface area contributed by atoms with Crippen LogP contribution in [-0.4, -0.2) is 48.4 Å². The molecule has 1 fully saturated rings.